The van der Waals surface area contributed by atoms with Gasteiger partial charge in [0.1, 0.15) is 23.8 Å². The average Bonchev–Trinajstić information content (AvgIpc) is 3.01. The van der Waals surface area contributed by atoms with Crippen LogP contribution in [0.15, 0.2) is 48.8 Å². The molecule has 0 radical (unpaired) electrons. The molecule has 1 N–H and O–H groups in total. The number of benzene rings is 1. The van der Waals surface area contributed by atoms with Crippen molar-refractivity contribution in [3.05, 3.63) is 48.8 Å². The molecule has 108 valence electrons. The normalized spacial score (nSPS) is 10.8. The van der Waals surface area contributed by atoms with Gasteiger partial charge < -0.3 is 14.6 Å². The molecule has 0 fully saturated rings. The van der Waals surface area contributed by atoms with Gasteiger partial charge in [-0.05, 0) is 24.3 Å². The summed E-state index contributed by atoms with van der Waals surface area (Å²) in [5, 5.41) is 8.98. The molecule has 2 aromatic heterocycles. The monoisotopic (exact) mass is 284 g/mol. The first-order valence-electron chi connectivity index (χ1n) is 6.67. The third-order valence-electron chi connectivity index (χ3n) is 3.24. The Bertz CT molecular complexity index is 752. The fourth-order valence-corrected chi connectivity index (χ4v) is 2.28. The summed E-state index contributed by atoms with van der Waals surface area (Å²) in [6.45, 7) is 0.200. The van der Waals surface area contributed by atoms with Gasteiger partial charge >= 0.3 is 0 Å². The van der Waals surface area contributed by atoms with Gasteiger partial charge in [-0.2, -0.15) is 0 Å². The number of imidazole rings is 1. The number of aliphatic hydroxyl groups excluding tert-OH is 1. The Balaban J connectivity index is 2.14. The lowest BCUT2D eigenvalue weighted by Gasteiger charge is -2.13. The van der Waals surface area contributed by atoms with Gasteiger partial charge in [-0.3, -0.25) is 4.40 Å². The minimum absolute atomic E-state index is 0.0358. The Kier molecular flexibility index (Phi) is 3.75. The third kappa shape index (κ3) is 2.55. The summed E-state index contributed by atoms with van der Waals surface area (Å²) in [5.74, 6) is 1.38. The van der Waals surface area contributed by atoms with Gasteiger partial charge in [0.05, 0.1) is 19.4 Å². The molecular weight excluding hydrogens is 268 g/mol. The molecule has 1 aromatic carbocycles. The van der Waals surface area contributed by atoms with E-state index in [-0.39, 0.29) is 13.2 Å². The molecule has 0 bridgehead atoms. The van der Waals surface area contributed by atoms with Crippen molar-refractivity contribution in [3.8, 4) is 22.8 Å². The van der Waals surface area contributed by atoms with Crippen LogP contribution in [0.5, 0.6) is 11.5 Å². The predicted octanol–water partition coefficient (Wildman–Crippen LogP) is 2.38. The van der Waals surface area contributed by atoms with E-state index in [1.54, 1.807) is 13.3 Å². The first kappa shape index (κ1) is 13.5. The second-order valence-electron chi connectivity index (χ2n) is 4.50. The number of hydrogen-bond acceptors (Lipinski definition) is 4. The summed E-state index contributed by atoms with van der Waals surface area (Å²) < 4.78 is 12.9. The predicted molar refractivity (Wildman–Crippen MR) is 79.8 cm³/mol. The second-order valence-corrected chi connectivity index (χ2v) is 4.50. The van der Waals surface area contributed by atoms with Crippen LogP contribution in [0.25, 0.3) is 16.9 Å². The minimum atomic E-state index is -0.0358. The van der Waals surface area contributed by atoms with Crippen LogP contribution in [0.1, 0.15) is 0 Å². The van der Waals surface area contributed by atoms with Gasteiger partial charge in [0.15, 0.2) is 0 Å². The number of hydrogen-bond donors (Lipinski definition) is 1. The second kappa shape index (κ2) is 5.85. The molecule has 0 amide bonds. The number of ether oxygens (including phenoxy) is 2. The molecule has 0 aliphatic rings. The zero-order valence-electron chi connectivity index (χ0n) is 11.7. The van der Waals surface area contributed by atoms with Gasteiger partial charge in [-0.25, -0.2) is 4.98 Å². The fourth-order valence-electron chi connectivity index (χ4n) is 2.28. The third-order valence-corrected chi connectivity index (χ3v) is 3.24. The van der Waals surface area contributed by atoms with Crippen LogP contribution < -0.4 is 9.47 Å². The van der Waals surface area contributed by atoms with E-state index < -0.39 is 0 Å². The minimum Gasteiger partial charge on any atom is -0.497 e. The Hall–Kier alpha value is -2.53. The first-order chi connectivity index (χ1) is 10.3. The number of aliphatic hydroxyl groups is 1. The van der Waals surface area contributed by atoms with Crippen LogP contribution >= 0.6 is 0 Å². The van der Waals surface area contributed by atoms with Crippen LogP contribution in [0.4, 0.5) is 0 Å². The Labute approximate surface area is 122 Å². The summed E-state index contributed by atoms with van der Waals surface area (Å²) in [4.78, 5) is 4.29. The molecule has 2 heterocycles. The van der Waals surface area contributed by atoms with E-state index in [0.29, 0.717) is 11.5 Å². The quantitative estimate of drug-likeness (QED) is 0.781. The molecule has 3 rings (SSSR count). The molecule has 0 unspecified atom stereocenters. The van der Waals surface area contributed by atoms with E-state index in [9.17, 15) is 0 Å². The lowest BCUT2D eigenvalue weighted by Crippen LogP contribution is -2.04. The smallest absolute Gasteiger partial charge is 0.137 e. The van der Waals surface area contributed by atoms with Gasteiger partial charge in [-0.1, -0.05) is 6.07 Å². The van der Waals surface area contributed by atoms with Crippen molar-refractivity contribution in [1.29, 1.82) is 0 Å². The first-order valence-corrected chi connectivity index (χ1v) is 6.67. The number of pyridine rings is 1. The summed E-state index contributed by atoms with van der Waals surface area (Å²) in [5.41, 5.74) is 2.77. The maximum atomic E-state index is 8.98. The van der Waals surface area contributed by atoms with Crippen LogP contribution in [0.3, 0.4) is 0 Å². The Morgan fingerprint density at radius 2 is 2.14 bits per heavy atom. The van der Waals surface area contributed by atoms with Crippen LogP contribution in [-0.2, 0) is 0 Å². The number of methoxy groups -OCH3 is 1. The molecular formula is C16H16N2O3. The van der Waals surface area contributed by atoms with Crippen molar-refractivity contribution in [1.82, 2.24) is 9.38 Å². The van der Waals surface area contributed by atoms with Crippen molar-refractivity contribution < 1.29 is 14.6 Å². The summed E-state index contributed by atoms with van der Waals surface area (Å²) in [6.07, 6.45) is 3.67. The van der Waals surface area contributed by atoms with E-state index in [1.165, 1.54) is 0 Å². The number of fused-ring (bicyclic) bond motifs is 1. The average molecular weight is 284 g/mol. The molecule has 0 saturated carbocycles. The van der Waals surface area contributed by atoms with Gasteiger partial charge in [0, 0.05) is 24.0 Å². The zero-order valence-corrected chi connectivity index (χ0v) is 11.7. The van der Waals surface area contributed by atoms with Crippen molar-refractivity contribution >= 4 is 5.65 Å². The van der Waals surface area contributed by atoms with Crippen LogP contribution in [0, 0.1) is 0 Å². The van der Waals surface area contributed by atoms with E-state index in [2.05, 4.69) is 4.98 Å². The van der Waals surface area contributed by atoms with E-state index >= 15 is 0 Å². The van der Waals surface area contributed by atoms with Gasteiger partial charge in [0.2, 0.25) is 0 Å². The summed E-state index contributed by atoms with van der Waals surface area (Å²) >= 11 is 0. The van der Waals surface area contributed by atoms with Crippen molar-refractivity contribution in [2.45, 2.75) is 0 Å². The van der Waals surface area contributed by atoms with Crippen molar-refractivity contribution in [2.24, 2.45) is 0 Å². The van der Waals surface area contributed by atoms with Crippen LogP contribution in [-0.4, -0.2) is 34.8 Å². The molecule has 0 saturated heterocycles. The molecule has 0 aliphatic carbocycles. The number of aromatic nitrogens is 2. The SMILES string of the molecule is COc1ccc(-c2cccc3nccn23)c(OCCO)c1. The number of nitrogens with zero attached hydrogens (tertiary/aromatic N) is 2. The maximum Gasteiger partial charge on any atom is 0.137 e. The highest BCUT2D eigenvalue weighted by atomic mass is 16.5. The van der Waals surface area contributed by atoms with Crippen molar-refractivity contribution in [2.75, 3.05) is 20.3 Å². The highest BCUT2D eigenvalue weighted by molar-refractivity contribution is 5.71. The van der Waals surface area contributed by atoms with Crippen molar-refractivity contribution in [3.63, 3.8) is 0 Å². The Morgan fingerprint density at radius 3 is 2.95 bits per heavy atom. The van der Waals surface area contributed by atoms with Gasteiger partial charge in [0.25, 0.3) is 0 Å². The maximum absolute atomic E-state index is 8.98. The molecule has 21 heavy (non-hydrogen) atoms. The topological polar surface area (TPSA) is 56.0 Å². The molecule has 0 aliphatic heterocycles. The molecule has 0 atom stereocenters. The summed E-state index contributed by atoms with van der Waals surface area (Å²) in [6, 6.07) is 11.6. The molecule has 0 spiro atoms. The highest BCUT2D eigenvalue weighted by Gasteiger charge is 2.11. The van der Waals surface area contributed by atoms with Crippen LogP contribution in [0.2, 0.25) is 0 Å². The standard InChI is InChI=1S/C16H16N2O3/c1-20-12-5-6-13(15(11-12)21-10-9-19)14-3-2-4-16-17-7-8-18(14)16/h2-8,11,19H,9-10H2,1H3. The molecule has 5 nitrogen and oxygen atoms in total. The Morgan fingerprint density at radius 1 is 1.24 bits per heavy atom. The lowest BCUT2D eigenvalue weighted by molar-refractivity contribution is 0.201. The number of rotatable bonds is 5. The van der Waals surface area contributed by atoms with Gasteiger partial charge in [-0.15, -0.1) is 0 Å². The van der Waals surface area contributed by atoms with E-state index in [1.807, 2.05) is 47.0 Å². The zero-order chi connectivity index (χ0) is 14.7. The fraction of sp³-hybridized carbons (Fsp3) is 0.188. The highest BCUT2D eigenvalue weighted by Crippen LogP contribution is 2.33. The summed E-state index contributed by atoms with van der Waals surface area (Å²) in [7, 11) is 1.61. The molecule has 5 heteroatoms. The molecule has 3 aromatic rings. The van der Waals surface area contributed by atoms with E-state index in [4.69, 9.17) is 14.6 Å². The van der Waals surface area contributed by atoms with E-state index in [0.717, 1.165) is 16.9 Å². The largest absolute Gasteiger partial charge is 0.497 e. The lowest BCUT2D eigenvalue weighted by atomic mass is 10.1.